The minimum Gasteiger partial charge on any atom is -0.360 e. The van der Waals surface area contributed by atoms with Crippen LogP contribution in [0.2, 0.25) is 0 Å². The second kappa shape index (κ2) is 5.47. The second-order valence-corrected chi connectivity index (χ2v) is 7.03. The quantitative estimate of drug-likeness (QED) is 0.493. The van der Waals surface area contributed by atoms with Crippen LogP contribution in [0.5, 0.6) is 0 Å². The van der Waals surface area contributed by atoms with Gasteiger partial charge in [-0.15, -0.1) is 0 Å². The maximum Gasteiger partial charge on any atom is 0.196 e. The molecule has 0 atom stereocenters. The Morgan fingerprint density at radius 2 is 1.60 bits per heavy atom. The third-order valence-electron chi connectivity index (χ3n) is 3.06. The molecular formula is C15H8Br3NO. The van der Waals surface area contributed by atoms with Gasteiger partial charge < -0.3 is 4.98 Å². The van der Waals surface area contributed by atoms with Crippen LogP contribution in [0.1, 0.15) is 15.9 Å². The van der Waals surface area contributed by atoms with Crippen LogP contribution in [0.15, 0.2) is 56.0 Å². The Balaban J connectivity index is 2.17. The van der Waals surface area contributed by atoms with Crippen molar-refractivity contribution >= 4 is 64.5 Å². The van der Waals surface area contributed by atoms with Crippen LogP contribution >= 0.6 is 47.8 Å². The van der Waals surface area contributed by atoms with Crippen LogP contribution in [0.3, 0.4) is 0 Å². The van der Waals surface area contributed by atoms with Gasteiger partial charge in [0.15, 0.2) is 5.78 Å². The summed E-state index contributed by atoms with van der Waals surface area (Å²) in [6.45, 7) is 0. The molecule has 0 spiro atoms. The molecule has 2 nitrogen and oxygen atoms in total. The van der Waals surface area contributed by atoms with E-state index < -0.39 is 0 Å². The van der Waals surface area contributed by atoms with Crippen molar-refractivity contribution in [1.82, 2.24) is 4.98 Å². The lowest BCUT2D eigenvalue weighted by Gasteiger charge is -2.04. The van der Waals surface area contributed by atoms with Crippen molar-refractivity contribution in [2.24, 2.45) is 0 Å². The first kappa shape index (κ1) is 14.0. The van der Waals surface area contributed by atoms with E-state index in [2.05, 4.69) is 52.8 Å². The summed E-state index contributed by atoms with van der Waals surface area (Å²) in [5.41, 5.74) is 2.25. The van der Waals surface area contributed by atoms with Crippen LogP contribution < -0.4 is 0 Å². The molecule has 100 valence electrons. The fraction of sp³-hybridized carbons (Fsp3) is 0. The summed E-state index contributed by atoms with van der Waals surface area (Å²) in [5.74, 6) is -0.0116. The van der Waals surface area contributed by atoms with Crippen molar-refractivity contribution in [1.29, 1.82) is 0 Å². The summed E-state index contributed by atoms with van der Waals surface area (Å²) in [7, 11) is 0. The molecule has 3 rings (SSSR count). The molecule has 0 fully saturated rings. The van der Waals surface area contributed by atoms with Gasteiger partial charge in [0, 0.05) is 41.6 Å². The van der Waals surface area contributed by atoms with E-state index in [1.165, 1.54) is 0 Å². The molecule has 0 saturated heterocycles. The number of carbonyl (C=O) groups excluding carboxylic acids is 1. The van der Waals surface area contributed by atoms with Crippen LogP contribution in [-0.2, 0) is 0 Å². The molecule has 0 bridgehead atoms. The molecule has 5 heteroatoms. The predicted molar refractivity (Wildman–Crippen MR) is 91.3 cm³/mol. The van der Waals surface area contributed by atoms with Crippen LogP contribution in [0.4, 0.5) is 0 Å². The molecular weight excluding hydrogens is 450 g/mol. The highest BCUT2D eigenvalue weighted by molar-refractivity contribution is 9.11. The maximum absolute atomic E-state index is 12.7. The molecule has 20 heavy (non-hydrogen) atoms. The number of aromatic amines is 1. The van der Waals surface area contributed by atoms with Crippen molar-refractivity contribution in [3.63, 3.8) is 0 Å². The highest BCUT2D eigenvalue weighted by Gasteiger charge is 2.17. The summed E-state index contributed by atoms with van der Waals surface area (Å²) in [5, 5.41) is 0.913. The van der Waals surface area contributed by atoms with Crippen molar-refractivity contribution in [3.8, 4) is 0 Å². The van der Waals surface area contributed by atoms with Gasteiger partial charge in [0.1, 0.15) is 0 Å². The molecule has 1 heterocycles. The highest BCUT2D eigenvalue weighted by Crippen LogP contribution is 2.28. The van der Waals surface area contributed by atoms with Gasteiger partial charge in [-0.05, 0) is 36.4 Å². The third-order valence-corrected chi connectivity index (χ3v) is 4.74. The Kier molecular flexibility index (Phi) is 3.84. The molecule has 0 radical (unpaired) electrons. The molecule has 1 N–H and O–H groups in total. The minimum absolute atomic E-state index is 0.0116. The number of halogens is 3. The summed E-state index contributed by atoms with van der Waals surface area (Å²) >= 11 is 10.3. The molecule has 2 aromatic carbocycles. The lowest BCUT2D eigenvalue weighted by molar-refractivity contribution is 0.103. The molecule has 1 aromatic heterocycles. The minimum atomic E-state index is -0.0116. The van der Waals surface area contributed by atoms with Crippen molar-refractivity contribution in [2.75, 3.05) is 0 Å². The number of nitrogens with one attached hydrogen (secondary N) is 1. The van der Waals surface area contributed by atoms with E-state index in [-0.39, 0.29) is 5.78 Å². The predicted octanol–water partition coefficient (Wildman–Crippen LogP) is 5.69. The molecule has 0 aliphatic rings. The number of carbonyl (C=O) groups is 1. The third kappa shape index (κ3) is 2.50. The Morgan fingerprint density at radius 1 is 0.900 bits per heavy atom. The zero-order valence-electron chi connectivity index (χ0n) is 10.1. The van der Waals surface area contributed by atoms with Crippen molar-refractivity contribution < 1.29 is 4.79 Å². The van der Waals surface area contributed by atoms with E-state index in [4.69, 9.17) is 0 Å². The zero-order valence-corrected chi connectivity index (χ0v) is 14.8. The zero-order chi connectivity index (χ0) is 14.3. The van der Waals surface area contributed by atoms with Crippen molar-refractivity contribution in [3.05, 3.63) is 67.1 Å². The van der Waals surface area contributed by atoms with E-state index in [1.807, 2.05) is 36.4 Å². The number of ketones is 1. The van der Waals surface area contributed by atoms with Crippen molar-refractivity contribution in [2.45, 2.75) is 0 Å². The Bertz CT molecular complexity index is 823. The monoisotopic (exact) mass is 455 g/mol. The van der Waals surface area contributed by atoms with Gasteiger partial charge in [0.05, 0.1) is 0 Å². The molecule has 0 unspecified atom stereocenters. The highest BCUT2D eigenvalue weighted by atomic mass is 79.9. The number of benzene rings is 2. The topological polar surface area (TPSA) is 32.9 Å². The summed E-state index contributed by atoms with van der Waals surface area (Å²) in [6, 6.07) is 11.4. The molecule has 0 saturated carbocycles. The van der Waals surface area contributed by atoms with E-state index >= 15 is 0 Å². The van der Waals surface area contributed by atoms with Crippen LogP contribution in [0, 0.1) is 0 Å². The Hall–Kier alpha value is -0.910. The van der Waals surface area contributed by atoms with Gasteiger partial charge in [0.2, 0.25) is 0 Å². The van der Waals surface area contributed by atoms with Crippen LogP contribution in [0.25, 0.3) is 10.9 Å². The maximum atomic E-state index is 12.7. The van der Waals surface area contributed by atoms with Gasteiger partial charge in [0.25, 0.3) is 0 Å². The number of rotatable bonds is 2. The Morgan fingerprint density at radius 3 is 2.40 bits per heavy atom. The molecule has 3 aromatic rings. The molecule has 0 amide bonds. The van der Waals surface area contributed by atoms with Gasteiger partial charge in [-0.3, -0.25) is 4.79 Å². The largest absolute Gasteiger partial charge is 0.360 e. The lowest BCUT2D eigenvalue weighted by atomic mass is 10.0. The fourth-order valence-electron chi connectivity index (χ4n) is 2.10. The number of fused-ring (bicyclic) bond motifs is 1. The van der Waals surface area contributed by atoms with Gasteiger partial charge in [-0.25, -0.2) is 0 Å². The summed E-state index contributed by atoms with van der Waals surface area (Å²) < 4.78 is 2.62. The molecule has 0 aliphatic heterocycles. The first-order valence-electron chi connectivity index (χ1n) is 5.82. The van der Waals surface area contributed by atoms with Gasteiger partial charge >= 0.3 is 0 Å². The normalized spacial score (nSPS) is 10.9. The SMILES string of the molecule is O=C(c1cc(Br)ccc1Br)c1c[nH]c2ccc(Br)cc12. The van der Waals surface area contributed by atoms with E-state index in [1.54, 1.807) is 6.20 Å². The average molecular weight is 458 g/mol. The number of hydrogen-bond donors (Lipinski definition) is 1. The van der Waals surface area contributed by atoms with E-state index in [9.17, 15) is 4.79 Å². The average Bonchev–Trinajstić information content (AvgIpc) is 2.83. The smallest absolute Gasteiger partial charge is 0.196 e. The Labute approximate surface area is 141 Å². The summed E-state index contributed by atoms with van der Waals surface area (Å²) in [6.07, 6.45) is 1.76. The number of H-pyrrole nitrogens is 1. The first-order chi connectivity index (χ1) is 9.56. The van der Waals surface area contributed by atoms with E-state index in [0.717, 1.165) is 24.3 Å². The lowest BCUT2D eigenvalue weighted by Crippen LogP contribution is -2.01. The fourth-order valence-corrected chi connectivity index (χ4v) is 3.25. The van der Waals surface area contributed by atoms with Crippen LogP contribution in [-0.4, -0.2) is 10.8 Å². The standard InChI is InChI=1S/C15H8Br3NO/c16-8-1-3-13(18)11(6-8)15(20)12-7-19-14-4-2-9(17)5-10(12)14/h1-7,19H. The summed E-state index contributed by atoms with van der Waals surface area (Å²) in [4.78, 5) is 15.9. The van der Waals surface area contributed by atoms with E-state index in [0.29, 0.717) is 11.1 Å². The first-order valence-corrected chi connectivity index (χ1v) is 8.20. The number of aromatic nitrogens is 1. The van der Waals surface area contributed by atoms with Gasteiger partial charge in [-0.1, -0.05) is 47.8 Å². The van der Waals surface area contributed by atoms with Gasteiger partial charge in [-0.2, -0.15) is 0 Å². The molecule has 0 aliphatic carbocycles. The second-order valence-electron chi connectivity index (χ2n) is 4.35. The number of hydrogen-bond acceptors (Lipinski definition) is 1.